The summed E-state index contributed by atoms with van der Waals surface area (Å²) >= 11 is 0. The Kier molecular flexibility index (Phi) is 2.55. The molecule has 0 unspecified atom stereocenters. The molecule has 2 rings (SSSR count). The normalized spacial score (nSPS) is 27.1. The molecule has 1 saturated carbocycles. The molecule has 0 amide bonds. The van der Waals surface area contributed by atoms with Crippen LogP contribution in [0.25, 0.3) is 0 Å². The standard InChI is InChI=1S/C11H14N2O/c12-8-9-4-3-7-13(9)10-5-1-2-6-11(10)14/h3-4,7,10-11,14H,1-2,5-6H2/t10-,11-/m1/s1. The molecule has 1 aromatic rings. The molecule has 0 radical (unpaired) electrons. The molecule has 1 aromatic heterocycles. The van der Waals surface area contributed by atoms with Crippen molar-refractivity contribution in [3.05, 3.63) is 24.0 Å². The maximum absolute atomic E-state index is 9.83. The number of aliphatic hydroxyl groups is 1. The molecule has 3 nitrogen and oxygen atoms in total. The quantitative estimate of drug-likeness (QED) is 0.734. The molecule has 1 fully saturated rings. The first-order chi connectivity index (χ1) is 6.83. The van der Waals surface area contributed by atoms with Gasteiger partial charge in [0.2, 0.25) is 0 Å². The Hall–Kier alpha value is -1.27. The van der Waals surface area contributed by atoms with E-state index in [1.54, 1.807) is 6.07 Å². The summed E-state index contributed by atoms with van der Waals surface area (Å²) in [4.78, 5) is 0. The number of nitrogens with zero attached hydrogens (tertiary/aromatic N) is 2. The van der Waals surface area contributed by atoms with Crippen LogP contribution in [0.2, 0.25) is 0 Å². The molecular weight excluding hydrogens is 176 g/mol. The van der Waals surface area contributed by atoms with Crippen molar-refractivity contribution < 1.29 is 5.11 Å². The van der Waals surface area contributed by atoms with Crippen LogP contribution in [0, 0.1) is 11.3 Å². The lowest BCUT2D eigenvalue weighted by Gasteiger charge is -2.29. The SMILES string of the molecule is N#Cc1cccn1[C@@H]1CCCC[C@H]1O. The first-order valence-electron chi connectivity index (χ1n) is 5.08. The van der Waals surface area contributed by atoms with Gasteiger partial charge in [-0.05, 0) is 25.0 Å². The molecule has 0 aromatic carbocycles. The highest BCUT2D eigenvalue weighted by molar-refractivity contribution is 5.23. The molecule has 1 N–H and O–H groups in total. The predicted octanol–water partition coefficient (Wildman–Crippen LogP) is 1.84. The van der Waals surface area contributed by atoms with E-state index in [4.69, 9.17) is 5.26 Å². The second-order valence-electron chi connectivity index (χ2n) is 3.83. The minimum absolute atomic E-state index is 0.105. The van der Waals surface area contributed by atoms with Crippen LogP contribution in [0.1, 0.15) is 37.4 Å². The van der Waals surface area contributed by atoms with Gasteiger partial charge in [-0.15, -0.1) is 0 Å². The largest absolute Gasteiger partial charge is 0.391 e. The van der Waals surface area contributed by atoms with E-state index in [0.29, 0.717) is 5.69 Å². The fourth-order valence-electron chi connectivity index (χ4n) is 2.19. The fourth-order valence-corrected chi connectivity index (χ4v) is 2.19. The zero-order valence-corrected chi connectivity index (χ0v) is 8.06. The second kappa shape index (κ2) is 3.85. The highest BCUT2D eigenvalue weighted by Crippen LogP contribution is 2.29. The van der Waals surface area contributed by atoms with Gasteiger partial charge in [-0.3, -0.25) is 0 Å². The third-order valence-electron chi connectivity index (χ3n) is 2.94. The first-order valence-corrected chi connectivity index (χ1v) is 5.08. The van der Waals surface area contributed by atoms with Gasteiger partial charge in [0.15, 0.2) is 0 Å². The summed E-state index contributed by atoms with van der Waals surface area (Å²) < 4.78 is 1.91. The molecule has 2 atom stereocenters. The summed E-state index contributed by atoms with van der Waals surface area (Å²) in [6.45, 7) is 0. The lowest BCUT2D eigenvalue weighted by atomic mass is 9.92. The first kappa shape index (κ1) is 9.29. The van der Waals surface area contributed by atoms with Crippen LogP contribution in [0.15, 0.2) is 18.3 Å². The molecule has 14 heavy (non-hydrogen) atoms. The molecule has 0 aliphatic heterocycles. The third-order valence-corrected chi connectivity index (χ3v) is 2.94. The smallest absolute Gasteiger partial charge is 0.120 e. The van der Waals surface area contributed by atoms with Gasteiger partial charge in [-0.1, -0.05) is 12.8 Å². The summed E-state index contributed by atoms with van der Waals surface area (Å²) in [5.41, 5.74) is 0.649. The van der Waals surface area contributed by atoms with Crippen molar-refractivity contribution in [1.29, 1.82) is 5.26 Å². The number of hydrogen-bond acceptors (Lipinski definition) is 2. The number of hydrogen-bond donors (Lipinski definition) is 1. The van der Waals surface area contributed by atoms with Crippen molar-refractivity contribution >= 4 is 0 Å². The van der Waals surface area contributed by atoms with E-state index in [0.717, 1.165) is 25.7 Å². The van der Waals surface area contributed by atoms with Crippen molar-refractivity contribution in [2.75, 3.05) is 0 Å². The average Bonchev–Trinajstić information content (AvgIpc) is 2.66. The lowest BCUT2D eigenvalue weighted by Crippen LogP contribution is -2.27. The average molecular weight is 190 g/mol. The van der Waals surface area contributed by atoms with E-state index in [1.807, 2.05) is 16.8 Å². The Morgan fingerprint density at radius 3 is 2.93 bits per heavy atom. The topological polar surface area (TPSA) is 49.0 Å². The highest BCUT2D eigenvalue weighted by Gasteiger charge is 2.25. The summed E-state index contributed by atoms with van der Waals surface area (Å²) in [7, 11) is 0. The van der Waals surface area contributed by atoms with Crippen LogP contribution in [-0.2, 0) is 0 Å². The van der Waals surface area contributed by atoms with Crippen molar-refractivity contribution in [1.82, 2.24) is 4.57 Å². The van der Waals surface area contributed by atoms with Crippen LogP contribution in [0.4, 0.5) is 0 Å². The maximum Gasteiger partial charge on any atom is 0.120 e. The Morgan fingerprint density at radius 2 is 2.21 bits per heavy atom. The van der Waals surface area contributed by atoms with Gasteiger partial charge in [-0.25, -0.2) is 0 Å². The molecular formula is C11H14N2O. The molecule has 1 aliphatic rings. The minimum atomic E-state index is -0.289. The Morgan fingerprint density at radius 1 is 1.43 bits per heavy atom. The van der Waals surface area contributed by atoms with Gasteiger partial charge >= 0.3 is 0 Å². The molecule has 1 aliphatic carbocycles. The molecule has 0 spiro atoms. The van der Waals surface area contributed by atoms with Crippen molar-refractivity contribution in [2.24, 2.45) is 0 Å². The van der Waals surface area contributed by atoms with Crippen LogP contribution < -0.4 is 0 Å². The lowest BCUT2D eigenvalue weighted by molar-refractivity contribution is 0.0753. The molecule has 3 heteroatoms. The number of aliphatic hydroxyl groups excluding tert-OH is 1. The van der Waals surface area contributed by atoms with Crippen molar-refractivity contribution in [2.45, 2.75) is 37.8 Å². The van der Waals surface area contributed by atoms with E-state index in [1.165, 1.54) is 0 Å². The zero-order valence-electron chi connectivity index (χ0n) is 8.06. The molecule has 1 heterocycles. The van der Waals surface area contributed by atoms with Gasteiger partial charge in [0, 0.05) is 6.20 Å². The minimum Gasteiger partial charge on any atom is -0.391 e. The summed E-state index contributed by atoms with van der Waals surface area (Å²) in [6.07, 6.45) is 5.67. The zero-order chi connectivity index (χ0) is 9.97. The highest BCUT2D eigenvalue weighted by atomic mass is 16.3. The molecule has 74 valence electrons. The van der Waals surface area contributed by atoms with E-state index >= 15 is 0 Å². The van der Waals surface area contributed by atoms with Crippen molar-refractivity contribution in [3.63, 3.8) is 0 Å². The van der Waals surface area contributed by atoms with Gasteiger partial charge < -0.3 is 9.67 Å². The van der Waals surface area contributed by atoms with Gasteiger partial charge in [0.1, 0.15) is 11.8 Å². The summed E-state index contributed by atoms with van der Waals surface area (Å²) in [5.74, 6) is 0. The van der Waals surface area contributed by atoms with Gasteiger partial charge in [0.25, 0.3) is 0 Å². The van der Waals surface area contributed by atoms with Gasteiger partial charge in [0.05, 0.1) is 12.1 Å². The maximum atomic E-state index is 9.83. The van der Waals surface area contributed by atoms with Crippen molar-refractivity contribution in [3.8, 4) is 6.07 Å². The molecule has 0 bridgehead atoms. The van der Waals surface area contributed by atoms with Crippen LogP contribution >= 0.6 is 0 Å². The Bertz CT molecular complexity index is 350. The van der Waals surface area contributed by atoms with E-state index in [-0.39, 0.29) is 12.1 Å². The summed E-state index contributed by atoms with van der Waals surface area (Å²) in [6, 6.07) is 5.90. The van der Waals surface area contributed by atoms with Crippen LogP contribution in [-0.4, -0.2) is 15.8 Å². The van der Waals surface area contributed by atoms with Crippen LogP contribution in [0.3, 0.4) is 0 Å². The number of nitriles is 1. The Balaban J connectivity index is 2.25. The van der Waals surface area contributed by atoms with Gasteiger partial charge in [-0.2, -0.15) is 5.26 Å². The predicted molar refractivity (Wildman–Crippen MR) is 52.7 cm³/mol. The van der Waals surface area contributed by atoms with E-state index < -0.39 is 0 Å². The number of aromatic nitrogens is 1. The van der Waals surface area contributed by atoms with E-state index in [9.17, 15) is 5.11 Å². The monoisotopic (exact) mass is 190 g/mol. The third kappa shape index (κ3) is 1.53. The fraction of sp³-hybridized carbons (Fsp3) is 0.545. The second-order valence-corrected chi connectivity index (χ2v) is 3.83. The van der Waals surface area contributed by atoms with Crippen LogP contribution in [0.5, 0.6) is 0 Å². The van der Waals surface area contributed by atoms with E-state index in [2.05, 4.69) is 6.07 Å². The summed E-state index contributed by atoms with van der Waals surface area (Å²) in [5, 5.41) is 18.7. The number of rotatable bonds is 1. The molecule has 0 saturated heterocycles. The Labute approximate surface area is 83.6 Å².